The minimum absolute atomic E-state index is 0.129. The molecule has 4 heterocycles. The fraction of sp³-hybridized carbons (Fsp3) is 0.438. The largest absolute Gasteiger partial charge is 0.495 e. The molecule has 1 amide bonds. The smallest absolute Gasteiger partial charge is 0.226 e. The van der Waals surface area contributed by atoms with E-state index < -0.39 is 20.1 Å². The lowest BCUT2D eigenvalue weighted by molar-refractivity contribution is -0.117. The summed E-state index contributed by atoms with van der Waals surface area (Å²) in [6, 6.07) is 9.74. The maximum Gasteiger partial charge on any atom is 0.226 e. The Bertz CT molecular complexity index is 1580. The summed E-state index contributed by atoms with van der Waals surface area (Å²) in [5, 5.41) is 0. The second kappa shape index (κ2) is 14.6. The summed E-state index contributed by atoms with van der Waals surface area (Å²) in [6.45, 7) is 3.20. The molecule has 0 unspecified atom stereocenters. The van der Waals surface area contributed by atoms with Gasteiger partial charge in [-0.25, -0.2) is 25.0 Å². The standard InChI is InChI=1S/C32H44BrN5O4S2/c1-23(39)37(21-41-13-15-43(3,4)5)29-17-24(11-12-34-29)32-30(27-10-9-26(40-2)20-35-27)31-28(18-25(33)19-36-31)38(32)22-42-14-16-44(6,7)8/h9-12,17-20H,13-16,21-22H2,1-8H3. The zero-order valence-electron chi connectivity index (χ0n) is 26.9. The van der Waals surface area contributed by atoms with E-state index in [0.29, 0.717) is 31.5 Å². The summed E-state index contributed by atoms with van der Waals surface area (Å²) >= 11 is 3.62. The van der Waals surface area contributed by atoms with Gasteiger partial charge in [-0.1, -0.05) is 0 Å². The molecule has 4 aromatic heterocycles. The van der Waals surface area contributed by atoms with Gasteiger partial charge >= 0.3 is 0 Å². The highest BCUT2D eigenvalue weighted by Crippen LogP contribution is 2.41. The van der Waals surface area contributed by atoms with Crippen LogP contribution in [-0.2, 0) is 21.0 Å². The third-order valence-electron chi connectivity index (χ3n) is 6.89. The van der Waals surface area contributed by atoms with Crippen LogP contribution < -0.4 is 9.64 Å². The van der Waals surface area contributed by atoms with Crippen molar-refractivity contribution < 1.29 is 19.0 Å². The first-order chi connectivity index (χ1) is 20.8. The molecule has 0 saturated carbocycles. The van der Waals surface area contributed by atoms with Crippen LogP contribution in [0.5, 0.6) is 5.75 Å². The second-order valence-corrected chi connectivity index (χ2v) is 22.4. The first-order valence-electron chi connectivity index (χ1n) is 14.2. The number of carbonyl (C=O) groups is 1. The molecule has 0 aromatic carbocycles. The lowest BCUT2D eigenvalue weighted by atomic mass is 10.0. The van der Waals surface area contributed by atoms with E-state index in [1.54, 1.807) is 30.6 Å². The maximum atomic E-state index is 12.8. The van der Waals surface area contributed by atoms with E-state index in [1.807, 2.05) is 30.3 Å². The van der Waals surface area contributed by atoms with Crippen molar-refractivity contribution in [1.29, 1.82) is 0 Å². The molecule has 0 aliphatic rings. The molecule has 0 N–H and O–H groups in total. The molecule has 4 aromatic rings. The SMILES string of the molecule is COc1ccc(-c2c(-c3ccnc(N(COCCS(C)(C)C)C(C)=O)c3)n(COCCS(C)(C)C)c3cc(Br)cnc23)nc1. The van der Waals surface area contributed by atoms with E-state index in [4.69, 9.17) is 24.2 Å². The summed E-state index contributed by atoms with van der Waals surface area (Å²) in [4.78, 5) is 28.5. The van der Waals surface area contributed by atoms with Gasteiger partial charge in [0.2, 0.25) is 5.91 Å². The molecule has 0 atom stereocenters. The van der Waals surface area contributed by atoms with Crippen LogP contribution in [0.15, 0.2) is 53.4 Å². The minimum Gasteiger partial charge on any atom is -0.495 e. The number of nitrogens with zero attached hydrogens (tertiary/aromatic N) is 5. The average Bonchev–Trinajstić information content (AvgIpc) is 3.27. The van der Waals surface area contributed by atoms with Crippen molar-refractivity contribution in [3.63, 3.8) is 0 Å². The molecular weight excluding hydrogens is 662 g/mol. The van der Waals surface area contributed by atoms with Crippen molar-refractivity contribution in [3.05, 3.63) is 53.4 Å². The van der Waals surface area contributed by atoms with Gasteiger partial charge in [-0.15, -0.1) is 0 Å². The van der Waals surface area contributed by atoms with Crippen LogP contribution in [0.2, 0.25) is 0 Å². The third-order valence-corrected chi connectivity index (χ3v) is 10.1. The van der Waals surface area contributed by atoms with Crippen molar-refractivity contribution in [2.45, 2.75) is 13.7 Å². The van der Waals surface area contributed by atoms with Gasteiger partial charge in [-0.3, -0.25) is 19.7 Å². The van der Waals surface area contributed by atoms with Gasteiger partial charge in [0.1, 0.15) is 25.0 Å². The lowest BCUT2D eigenvalue weighted by Gasteiger charge is -2.26. The number of methoxy groups -OCH3 is 1. The van der Waals surface area contributed by atoms with Gasteiger partial charge in [0, 0.05) is 40.9 Å². The van der Waals surface area contributed by atoms with Crippen LogP contribution in [-0.4, -0.2) is 102 Å². The fourth-order valence-electron chi connectivity index (χ4n) is 4.48. The Morgan fingerprint density at radius 1 is 0.932 bits per heavy atom. The Morgan fingerprint density at radius 2 is 1.64 bits per heavy atom. The predicted octanol–water partition coefficient (Wildman–Crippen LogP) is 6.62. The van der Waals surface area contributed by atoms with E-state index in [2.05, 4.69) is 63.0 Å². The molecule has 0 fully saturated rings. The van der Waals surface area contributed by atoms with Crippen molar-refractivity contribution in [1.82, 2.24) is 19.5 Å². The Morgan fingerprint density at radius 3 is 2.25 bits per heavy atom. The molecule has 0 saturated heterocycles. The average molecular weight is 707 g/mol. The molecule has 0 spiro atoms. The van der Waals surface area contributed by atoms with E-state index in [0.717, 1.165) is 49.5 Å². The number of amides is 1. The predicted molar refractivity (Wildman–Crippen MR) is 191 cm³/mol. The second-order valence-electron chi connectivity index (χ2n) is 12.3. The van der Waals surface area contributed by atoms with Crippen molar-refractivity contribution in [2.75, 3.05) is 81.0 Å². The number of ether oxygens (including phenoxy) is 3. The van der Waals surface area contributed by atoms with Crippen LogP contribution in [0.4, 0.5) is 5.82 Å². The molecule has 9 nitrogen and oxygen atoms in total. The van der Waals surface area contributed by atoms with Gasteiger partial charge in [-0.2, -0.15) is 0 Å². The summed E-state index contributed by atoms with van der Waals surface area (Å²) in [5.74, 6) is 2.99. The monoisotopic (exact) mass is 705 g/mol. The summed E-state index contributed by atoms with van der Waals surface area (Å²) in [5.41, 5.74) is 5.02. The molecule has 0 radical (unpaired) electrons. The zero-order chi connectivity index (χ0) is 32.1. The highest BCUT2D eigenvalue weighted by Gasteiger charge is 2.24. The molecular formula is C32H44BrN5O4S2. The first kappa shape index (κ1) is 34.2. The number of rotatable bonds is 14. The van der Waals surface area contributed by atoms with Crippen LogP contribution in [0.25, 0.3) is 33.5 Å². The minimum atomic E-state index is -0.708. The number of carbonyl (C=O) groups excluding carboxylic acids is 1. The van der Waals surface area contributed by atoms with Crippen molar-refractivity contribution in [3.8, 4) is 28.3 Å². The molecule has 0 aliphatic carbocycles. The van der Waals surface area contributed by atoms with Gasteiger partial charge in [0.05, 0.1) is 54.5 Å². The molecule has 44 heavy (non-hydrogen) atoms. The summed E-state index contributed by atoms with van der Waals surface area (Å²) < 4.78 is 20.6. The van der Waals surface area contributed by atoms with Gasteiger partial charge < -0.3 is 18.8 Å². The van der Waals surface area contributed by atoms with Crippen LogP contribution >= 0.6 is 36.0 Å². The van der Waals surface area contributed by atoms with Crippen LogP contribution in [0, 0.1) is 0 Å². The van der Waals surface area contributed by atoms with Gasteiger partial charge in [0.25, 0.3) is 0 Å². The number of halogens is 1. The normalized spacial score (nSPS) is 12.8. The number of pyridine rings is 3. The number of aromatic nitrogens is 4. The van der Waals surface area contributed by atoms with E-state index in [9.17, 15) is 4.79 Å². The van der Waals surface area contributed by atoms with Crippen molar-refractivity contribution >= 4 is 58.7 Å². The Balaban J connectivity index is 1.83. The van der Waals surface area contributed by atoms with Crippen LogP contribution in [0.3, 0.4) is 0 Å². The van der Waals surface area contributed by atoms with E-state index in [1.165, 1.54) is 6.92 Å². The summed E-state index contributed by atoms with van der Waals surface area (Å²) in [6.07, 6.45) is 18.8. The zero-order valence-corrected chi connectivity index (χ0v) is 30.1. The Labute approximate surface area is 272 Å². The van der Waals surface area contributed by atoms with Gasteiger partial charge in [0.15, 0.2) is 0 Å². The Hall–Kier alpha value is -2.64. The van der Waals surface area contributed by atoms with Crippen LogP contribution in [0.1, 0.15) is 6.92 Å². The highest BCUT2D eigenvalue weighted by atomic mass is 79.9. The van der Waals surface area contributed by atoms with E-state index >= 15 is 0 Å². The fourth-order valence-corrected chi connectivity index (χ4v) is 6.04. The van der Waals surface area contributed by atoms with E-state index in [-0.39, 0.29) is 12.6 Å². The summed E-state index contributed by atoms with van der Waals surface area (Å²) in [7, 11) is 0.209. The number of hydrogen-bond donors (Lipinski definition) is 0. The topological polar surface area (TPSA) is 91.6 Å². The highest BCUT2D eigenvalue weighted by molar-refractivity contribution is 9.10. The Kier molecular flexibility index (Phi) is 11.4. The third kappa shape index (κ3) is 8.97. The van der Waals surface area contributed by atoms with Gasteiger partial charge in [-0.05, 0) is 83.8 Å². The molecule has 12 heteroatoms. The number of fused-ring (bicyclic) bond motifs is 1. The lowest BCUT2D eigenvalue weighted by Crippen LogP contribution is -2.32. The molecule has 240 valence electrons. The van der Waals surface area contributed by atoms with Crippen molar-refractivity contribution in [2.24, 2.45) is 0 Å². The first-order valence-corrected chi connectivity index (χ1v) is 21.0. The maximum absolute atomic E-state index is 12.8. The molecule has 4 rings (SSSR count). The number of anilines is 1. The molecule has 0 bridgehead atoms. The molecule has 0 aliphatic heterocycles. The number of hydrogen-bond acceptors (Lipinski definition) is 7. The quantitative estimate of drug-likeness (QED) is 0.108.